The second-order valence-electron chi connectivity index (χ2n) is 5.61. The number of hydrogen-bond acceptors (Lipinski definition) is 4. The molecule has 0 aliphatic carbocycles. The van der Waals surface area contributed by atoms with Crippen molar-refractivity contribution in [3.8, 4) is 17.1 Å². The molecule has 0 bridgehead atoms. The van der Waals surface area contributed by atoms with E-state index < -0.39 is 17.3 Å². The number of carboxylic acids is 1. The fourth-order valence-electron chi connectivity index (χ4n) is 2.56. The van der Waals surface area contributed by atoms with Gasteiger partial charge in [0.1, 0.15) is 16.7 Å². The lowest BCUT2D eigenvalue weighted by Crippen LogP contribution is -2.29. The number of halogens is 1. The molecule has 2 aromatic carbocycles. The number of aryl methyl sites for hydroxylation is 1. The van der Waals surface area contributed by atoms with Crippen molar-refractivity contribution in [3.05, 3.63) is 75.8 Å². The Bertz CT molecular complexity index is 1030. The molecule has 7 heteroatoms. The van der Waals surface area contributed by atoms with Gasteiger partial charge in [0.15, 0.2) is 5.56 Å². The Balaban J connectivity index is 2.39. The molecular weight excluding hydrogens is 355 g/mol. The molecule has 0 amide bonds. The van der Waals surface area contributed by atoms with Crippen LogP contribution in [-0.2, 0) is 0 Å². The minimum atomic E-state index is -1.33. The minimum absolute atomic E-state index is 0.116. The summed E-state index contributed by atoms with van der Waals surface area (Å²) in [6.07, 6.45) is 1.65. The third-order valence-electron chi connectivity index (χ3n) is 3.85. The van der Waals surface area contributed by atoms with Crippen LogP contribution in [0.3, 0.4) is 0 Å². The average molecular weight is 370 g/mol. The lowest BCUT2D eigenvalue weighted by Gasteiger charge is -2.15. The second-order valence-corrected chi connectivity index (χ2v) is 6.40. The first-order valence-corrected chi connectivity index (χ1v) is 8.92. The number of hydrogen-bond donors (Lipinski definition) is 1. The van der Waals surface area contributed by atoms with Crippen molar-refractivity contribution in [2.24, 2.45) is 0 Å². The van der Waals surface area contributed by atoms with E-state index in [0.717, 1.165) is 17.3 Å². The van der Waals surface area contributed by atoms with Crippen molar-refractivity contribution in [2.75, 3.05) is 6.26 Å². The van der Waals surface area contributed by atoms with Crippen LogP contribution in [0, 0.1) is 12.7 Å². The van der Waals surface area contributed by atoms with E-state index in [2.05, 4.69) is 4.98 Å². The van der Waals surface area contributed by atoms with Crippen molar-refractivity contribution < 1.29 is 14.3 Å². The molecule has 0 spiro atoms. The fourth-order valence-corrected chi connectivity index (χ4v) is 3.11. The standard InChI is InChI=1S/C19H15FN2O3S/c1-11-3-9-14(10-4-11)22-16(12-5-7-13(20)8-6-12)21-17(26-2)15(18(22)23)19(24)25/h3-10H,1-2H3,(H,24,25). The third-order valence-corrected chi connectivity index (χ3v) is 4.53. The Morgan fingerprint density at radius 2 is 1.73 bits per heavy atom. The molecule has 3 rings (SSSR count). The van der Waals surface area contributed by atoms with Crippen LogP contribution in [0.15, 0.2) is 58.4 Å². The zero-order valence-electron chi connectivity index (χ0n) is 14.1. The summed E-state index contributed by atoms with van der Waals surface area (Å²) in [6, 6.07) is 12.6. The summed E-state index contributed by atoms with van der Waals surface area (Å²) < 4.78 is 14.5. The van der Waals surface area contributed by atoms with E-state index in [4.69, 9.17) is 0 Å². The van der Waals surface area contributed by atoms with Gasteiger partial charge in [0.2, 0.25) is 0 Å². The fraction of sp³-hybridized carbons (Fsp3) is 0.105. The number of aromatic carboxylic acids is 1. The first-order valence-electron chi connectivity index (χ1n) is 7.69. The molecule has 0 aliphatic heterocycles. The van der Waals surface area contributed by atoms with Gasteiger partial charge in [-0.3, -0.25) is 9.36 Å². The maximum absolute atomic E-state index is 13.3. The number of thioether (sulfide) groups is 1. The summed E-state index contributed by atoms with van der Waals surface area (Å²) in [5.74, 6) is -1.49. The van der Waals surface area contributed by atoms with Gasteiger partial charge in [0.05, 0.1) is 5.69 Å². The van der Waals surface area contributed by atoms with Crippen LogP contribution in [0.4, 0.5) is 4.39 Å². The van der Waals surface area contributed by atoms with Gasteiger partial charge < -0.3 is 5.11 Å². The summed E-state index contributed by atoms with van der Waals surface area (Å²) in [4.78, 5) is 29.0. The van der Waals surface area contributed by atoms with Crippen molar-refractivity contribution in [1.82, 2.24) is 9.55 Å². The lowest BCUT2D eigenvalue weighted by atomic mass is 10.1. The Morgan fingerprint density at radius 3 is 2.27 bits per heavy atom. The summed E-state index contributed by atoms with van der Waals surface area (Å²) >= 11 is 1.08. The number of nitrogens with zero attached hydrogens (tertiary/aromatic N) is 2. The SMILES string of the molecule is CSc1nc(-c2ccc(F)cc2)n(-c2ccc(C)cc2)c(=O)c1C(=O)O. The van der Waals surface area contributed by atoms with Gasteiger partial charge in [-0.25, -0.2) is 14.2 Å². The Labute approximate surface area is 153 Å². The topological polar surface area (TPSA) is 72.2 Å². The minimum Gasteiger partial charge on any atom is -0.477 e. The molecule has 0 unspecified atom stereocenters. The first kappa shape index (κ1) is 17.9. The molecule has 0 saturated heterocycles. The molecule has 0 saturated carbocycles. The Kier molecular flexibility index (Phi) is 4.90. The zero-order valence-corrected chi connectivity index (χ0v) is 14.9. The number of rotatable bonds is 4. The van der Waals surface area contributed by atoms with Crippen LogP contribution in [0.5, 0.6) is 0 Å². The van der Waals surface area contributed by atoms with Gasteiger partial charge in [0, 0.05) is 5.56 Å². The summed E-state index contributed by atoms with van der Waals surface area (Å²) in [7, 11) is 0. The first-order chi connectivity index (χ1) is 12.4. The van der Waals surface area contributed by atoms with Crippen molar-refractivity contribution in [3.63, 3.8) is 0 Å². The van der Waals surface area contributed by atoms with E-state index in [1.165, 1.54) is 28.8 Å². The summed E-state index contributed by atoms with van der Waals surface area (Å²) in [5, 5.41) is 9.59. The van der Waals surface area contributed by atoms with Gasteiger partial charge in [-0.2, -0.15) is 0 Å². The smallest absolute Gasteiger partial charge is 0.344 e. The van der Waals surface area contributed by atoms with Gasteiger partial charge in [-0.15, -0.1) is 11.8 Å². The van der Waals surface area contributed by atoms with Crippen LogP contribution < -0.4 is 5.56 Å². The molecular formula is C19H15FN2O3S. The molecule has 0 aliphatic rings. The highest BCUT2D eigenvalue weighted by atomic mass is 32.2. The van der Waals surface area contributed by atoms with Gasteiger partial charge in [-0.05, 0) is 49.6 Å². The number of carbonyl (C=O) groups is 1. The average Bonchev–Trinajstić information content (AvgIpc) is 2.62. The van der Waals surface area contributed by atoms with Crippen LogP contribution in [-0.4, -0.2) is 26.9 Å². The molecule has 26 heavy (non-hydrogen) atoms. The normalized spacial score (nSPS) is 10.7. The highest BCUT2D eigenvalue weighted by molar-refractivity contribution is 7.98. The molecule has 1 aromatic heterocycles. The highest BCUT2D eigenvalue weighted by Crippen LogP contribution is 2.25. The molecule has 3 aromatic rings. The molecule has 1 heterocycles. The number of aromatic nitrogens is 2. The monoisotopic (exact) mass is 370 g/mol. The summed E-state index contributed by atoms with van der Waals surface area (Å²) in [6.45, 7) is 1.91. The van der Waals surface area contributed by atoms with Crippen LogP contribution in [0.25, 0.3) is 17.1 Å². The zero-order chi connectivity index (χ0) is 18.8. The lowest BCUT2D eigenvalue weighted by molar-refractivity contribution is 0.0689. The predicted octanol–water partition coefficient (Wildman–Crippen LogP) is 3.77. The second kappa shape index (κ2) is 7.13. The Hall–Kier alpha value is -2.93. The predicted molar refractivity (Wildman–Crippen MR) is 98.7 cm³/mol. The summed E-state index contributed by atoms with van der Waals surface area (Å²) in [5.41, 5.74) is 0.931. The van der Waals surface area contributed by atoms with Crippen LogP contribution in [0.1, 0.15) is 15.9 Å². The number of carboxylic acid groups (broad SMARTS) is 1. The molecule has 132 valence electrons. The van der Waals surface area contributed by atoms with Crippen molar-refractivity contribution >= 4 is 17.7 Å². The van der Waals surface area contributed by atoms with E-state index >= 15 is 0 Å². The molecule has 0 radical (unpaired) electrons. The van der Waals surface area contributed by atoms with Gasteiger partial charge in [0.25, 0.3) is 5.56 Å². The third kappa shape index (κ3) is 3.25. The maximum atomic E-state index is 13.3. The van der Waals surface area contributed by atoms with Crippen LogP contribution in [0.2, 0.25) is 0 Å². The van der Waals surface area contributed by atoms with E-state index in [1.54, 1.807) is 18.4 Å². The van der Waals surface area contributed by atoms with E-state index in [-0.39, 0.29) is 16.4 Å². The van der Waals surface area contributed by atoms with Crippen molar-refractivity contribution in [2.45, 2.75) is 11.9 Å². The molecule has 0 atom stereocenters. The number of benzene rings is 2. The van der Waals surface area contributed by atoms with Gasteiger partial charge >= 0.3 is 5.97 Å². The molecule has 1 N–H and O–H groups in total. The Morgan fingerprint density at radius 1 is 1.12 bits per heavy atom. The van der Waals surface area contributed by atoms with Crippen molar-refractivity contribution in [1.29, 1.82) is 0 Å². The van der Waals surface area contributed by atoms with E-state index in [1.807, 2.05) is 19.1 Å². The van der Waals surface area contributed by atoms with Crippen LogP contribution >= 0.6 is 11.8 Å². The largest absolute Gasteiger partial charge is 0.477 e. The quantitative estimate of drug-likeness (QED) is 0.559. The van der Waals surface area contributed by atoms with Gasteiger partial charge in [-0.1, -0.05) is 17.7 Å². The highest BCUT2D eigenvalue weighted by Gasteiger charge is 2.23. The van der Waals surface area contributed by atoms with E-state index in [9.17, 15) is 19.1 Å². The maximum Gasteiger partial charge on any atom is 0.344 e. The van der Waals surface area contributed by atoms with E-state index in [0.29, 0.717) is 11.3 Å². The molecule has 0 fully saturated rings. The molecule has 5 nitrogen and oxygen atoms in total.